The van der Waals surface area contributed by atoms with Crippen molar-refractivity contribution in [1.29, 1.82) is 0 Å². The fourth-order valence-electron chi connectivity index (χ4n) is 0.494. The maximum atomic E-state index is 4.81. The molecule has 0 rings (SSSR count). The molecule has 0 amide bonds. The summed E-state index contributed by atoms with van der Waals surface area (Å²) in [5.41, 5.74) is 0. The Labute approximate surface area is 87.8 Å². The van der Waals surface area contributed by atoms with Crippen LogP contribution in [0.15, 0.2) is 0 Å². The molecule has 9 heavy (non-hydrogen) atoms. The van der Waals surface area contributed by atoms with Crippen LogP contribution in [0, 0.1) is 0 Å². The third-order valence-electron chi connectivity index (χ3n) is 1.03. The number of thiocarbonyl (C=S) groups is 1. The van der Waals surface area contributed by atoms with Crippen LogP contribution >= 0.6 is 24.8 Å². The minimum atomic E-state index is 0. The molecule has 0 aromatic rings. The Morgan fingerprint density at radius 2 is 1.78 bits per heavy atom. The van der Waals surface area contributed by atoms with Gasteiger partial charge < -0.3 is 4.90 Å². The summed E-state index contributed by atoms with van der Waals surface area (Å²) in [6.45, 7) is 6.04. The van der Waals surface area contributed by atoms with Gasteiger partial charge in [-0.25, -0.2) is 0 Å². The van der Waals surface area contributed by atoms with Gasteiger partial charge >= 0.3 is 0 Å². The standard InChI is InChI=1S/C5H11NS2.Cd/c1-3-6(4-2)5(7)8;/h3-4H2,1-2H3,(H,7,8);. The van der Waals surface area contributed by atoms with E-state index in [0.29, 0.717) is 4.32 Å². The van der Waals surface area contributed by atoms with Gasteiger partial charge in [-0.05, 0) is 13.8 Å². The second kappa shape index (κ2) is 7.27. The fourth-order valence-corrected chi connectivity index (χ4v) is 1.04. The molecule has 50 valence electrons. The van der Waals surface area contributed by atoms with Gasteiger partial charge in [-0.1, -0.05) is 12.2 Å². The fraction of sp³-hybridized carbons (Fsp3) is 0.800. The summed E-state index contributed by atoms with van der Waals surface area (Å²) in [6.07, 6.45) is 0. The van der Waals surface area contributed by atoms with Crippen LogP contribution in [0.1, 0.15) is 13.8 Å². The minimum Gasteiger partial charge on any atom is -0.358 e. The number of hydrogen-bond donors (Lipinski definition) is 1. The first-order valence-corrected chi connectivity index (χ1v) is 3.55. The molecular formula is C5H11CdNS2. The molecule has 0 N–H and O–H groups in total. The Bertz CT molecular complexity index is 83.0. The third-order valence-corrected chi connectivity index (χ3v) is 1.58. The minimum absolute atomic E-state index is 0. The van der Waals surface area contributed by atoms with Crippen molar-refractivity contribution in [1.82, 2.24) is 4.90 Å². The van der Waals surface area contributed by atoms with E-state index in [2.05, 4.69) is 26.5 Å². The normalized spacial score (nSPS) is 7.89. The second-order valence-corrected chi connectivity index (χ2v) is 2.57. The molecule has 0 unspecified atom stereocenters. The quantitative estimate of drug-likeness (QED) is 0.456. The summed E-state index contributed by atoms with van der Waals surface area (Å²) < 4.78 is 0.690. The van der Waals surface area contributed by atoms with Crippen molar-refractivity contribution >= 4 is 29.2 Å². The molecule has 4 heteroatoms. The molecule has 0 atom stereocenters. The van der Waals surface area contributed by atoms with E-state index in [-0.39, 0.29) is 27.3 Å². The van der Waals surface area contributed by atoms with Crippen LogP contribution < -0.4 is 0 Å². The molecule has 0 saturated carbocycles. The molecule has 0 aromatic carbocycles. The van der Waals surface area contributed by atoms with Gasteiger partial charge in [-0.3, -0.25) is 0 Å². The average molecular weight is 262 g/mol. The van der Waals surface area contributed by atoms with Crippen molar-refractivity contribution < 1.29 is 27.3 Å². The van der Waals surface area contributed by atoms with E-state index in [1.165, 1.54) is 0 Å². The van der Waals surface area contributed by atoms with Gasteiger partial charge in [-0.2, -0.15) is 0 Å². The third kappa shape index (κ3) is 5.60. The second-order valence-electron chi connectivity index (χ2n) is 1.45. The van der Waals surface area contributed by atoms with Crippen LogP contribution in [0.3, 0.4) is 0 Å². The Kier molecular flexibility index (Phi) is 10.3. The molecule has 0 aliphatic heterocycles. The Balaban J connectivity index is 0. The summed E-state index contributed by atoms with van der Waals surface area (Å²) >= 11 is 8.82. The van der Waals surface area contributed by atoms with Crippen LogP contribution in [-0.2, 0) is 27.3 Å². The molecule has 0 aliphatic carbocycles. The van der Waals surface area contributed by atoms with Crippen molar-refractivity contribution in [3.8, 4) is 0 Å². The first-order valence-electron chi connectivity index (χ1n) is 2.70. The predicted molar refractivity (Wildman–Crippen MR) is 44.5 cm³/mol. The van der Waals surface area contributed by atoms with Crippen LogP contribution in [0.4, 0.5) is 0 Å². The average Bonchev–Trinajstić information content (AvgIpc) is 1.69. The first-order chi connectivity index (χ1) is 3.72. The van der Waals surface area contributed by atoms with Crippen molar-refractivity contribution in [2.24, 2.45) is 0 Å². The van der Waals surface area contributed by atoms with E-state index in [1.807, 2.05) is 4.90 Å². The van der Waals surface area contributed by atoms with E-state index in [0.717, 1.165) is 13.1 Å². The van der Waals surface area contributed by atoms with Gasteiger partial charge in [0.25, 0.3) is 0 Å². The number of thiol groups is 1. The maximum absolute atomic E-state index is 4.81. The van der Waals surface area contributed by atoms with Crippen LogP contribution in [0.25, 0.3) is 0 Å². The molecule has 0 aromatic heterocycles. The van der Waals surface area contributed by atoms with E-state index in [1.54, 1.807) is 0 Å². The van der Waals surface area contributed by atoms with E-state index in [9.17, 15) is 0 Å². The summed E-state index contributed by atoms with van der Waals surface area (Å²) in [5, 5.41) is 0. The van der Waals surface area contributed by atoms with Gasteiger partial charge in [0.1, 0.15) is 4.32 Å². The molecule has 0 spiro atoms. The first kappa shape index (κ1) is 12.8. The van der Waals surface area contributed by atoms with E-state index < -0.39 is 0 Å². The van der Waals surface area contributed by atoms with Gasteiger partial charge in [0.2, 0.25) is 0 Å². The van der Waals surface area contributed by atoms with Crippen LogP contribution in [-0.4, -0.2) is 22.3 Å². The van der Waals surface area contributed by atoms with E-state index >= 15 is 0 Å². The number of nitrogens with zero attached hydrogens (tertiary/aromatic N) is 1. The molecule has 0 fully saturated rings. The van der Waals surface area contributed by atoms with Crippen LogP contribution in [0.5, 0.6) is 0 Å². The molecule has 0 saturated heterocycles. The topological polar surface area (TPSA) is 3.24 Å². The van der Waals surface area contributed by atoms with Gasteiger partial charge in [0.05, 0.1) is 0 Å². The monoisotopic (exact) mass is 263 g/mol. The van der Waals surface area contributed by atoms with Gasteiger partial charge in [0.15, 0.2) is 0 Å². The Morgan fingerprint density at radius 3 is 1.78 bits per heavy atom. The molecule has 0 heterocycles. The molecular weight excluding hydrogens is 251 g/mol. The smallest absolute Gasteiger partial charge is 0.133 e. The molecule has 1 nitrogen and oxygen atoms in total. The molecule has 0 aliphatic rings. The zero-order valence-corrected chi connectivity index (χ0v) is 11.7. The summed E-state index contributed by atoms with van der Waals surface area (Å²) in [4.78, 5) is 2.01. The van der Waals surface area contributed by atoms with Gasteiger partial charge in [-0.15, -0.1) is 12.6 Å². The summed E-state index contributed by atoms with van der Waals surface area (Å²) in [5.74, 6) is 0. The van der Waals surface area contributed by atoms with E-state index in [4.69, 9.17) is 12.2 Å². The van der Waals surface area contributed by atoms with Crippen molar-refractivity contribution in [3.05, 3.63) is 0 Å². The molecule has 0 bridgehead atoms. The largest absolute Gasteiger partial charge is 0.358 e. The summed E-state index contributed by atoms with van der Waals surface area (Å²) in [7, 11) is 0. The number of rotatable bonds is 2. The zero-order valence-electron chi connectivity index (χ0n) is 5.92. The Hall–Kier alpha value is 1.16. The van der Waals surface area contributed by atoms with Crippen molar-refractivity contribution in [2.45, 2.75) is 13.8 Å². The van der Waals surface area contributed by atoms with Crippen molar-refractivity contribution in [2.75, 3.05) is 13.1 Å². The van der Waals surface area contributed by atoms with Gasteiger partial charge in [0, 0.05) is 40.4 Å². The SMILES string of the molecule is CCN(CC)C(=S)S.[Cd]. The van der Waals surface area contributed by atoms with Crippen LogP contribution in [0.2, 0.25) is 0 Å². The van der Waals surface area contributed by atoms with Crippen molar-refractivity contribution in [3.63, 3.8) is 0 Å². The molecule has 0 radical (unpaired) electrons. The Morgan fingerprint density at radius 1 is 1.44 bits per heavy atom. The number of hydrogen-bond acceptors (Lipinski definition) is 1. The summed E-state index contributed by atoms with van der Waals surface area (Å²) in [6, 6.07) is 0. The predicted octanol–water partition coefficient (Wildman–Crippen LogP) is 1.54. The zero-order chi connectivity index (χ0) is 6.57. The maximum Gasteiger partial charge on any atom is 0.133 e.